The van der Waals surface area contributed by atoms with Crippen LogP contribution in [0.1, 0.15) is 29.0 Å². The van der Waals surface area contributed by atoms with Crippen LogP contribution >= 0.6 is 0 Å². The number of hydrogen-bond acceptors (Lipinski definition) is 10. The van der Waals surface area contributed by atoms with Crippen LogP contribution in [0.3, 0.4) is 0 Å². The minimum atomic E-state index is -0.766. The summed E-state index contributed by atoms with van der Waals surface area (Å²) in [6.07, 6.45) is 7.08. The molecule has 6 fully saturated rings. The largest absolute Gasteiger partial charge is 0.497 e. The van der Waals surface area contributed by atoms with E-state index in [1.807, 2.05) is 42.5 Å². The lowest BCUT2D eigenvalue weighted by molar-refractivity contribution is -0.508. The van der Waals surface area contributed by atoms with E-state index in [1.165, 1.54) is 0 Å². The minimum Gasteiger partial charge on any atom is -0.497 e. The maximum atomic E-state index is 12.2. The van der Waals surface area contributed by atoms with E-state index in [0.717, 1.165) is 39.7 Å². The van der Waals surface area contributed by atoms with Crippen LogP contribution in [0.4, 0.5) is 0 Å². The van der Waals surface area contributed by atoms with Crippen LogP contribution in [-0.4, -0.2) is 109 Å². The first-order valence-electron chi connectivity index (χ1n) is 19.1. The van der Waals surface area contributed by atoms with Crippen LogP contribution in [0.5, 0.6) is 17.2 Å². The number of hydrogen-bond donors (Lipinski definition) is 4. The minimum absolute atomic E-state index is 0.00963. The molecule has 8 bridgehead atoms. The molecule has 54 heavy (non-hydrogen) atoms. The van der Waals surface area contributed by atoms with Gasteiger partial charge in [-0.1, -0.05) is 42.5 Å². The van der Waals surface area contributed by atoms with Gasteiger partial charge < -0.3 is 39.4 Å². The maximum absolute atomic E-state index is 12.2. The Morgan fingerprint density at radius 1 is 0.556 bits per heavy atom. The van der Waals surface area contributed by atoms with Crippen molar-refractivity contribution in [2.24, 2.45) is 33.5 Å². The number of ether oxygens (including phenoxy) is 4. The van der Waals surface area contributed by atoms with E-state index in [-0.39, 0.29) is 68.3 Å². The first kappa shape index (κ1) is 35.8. The first-order chi connectivity index (χ1) is 26.3. The molecule has 4 N–H and O–H groups in total. The zero-order valence-electron chi connectivity index (χ0n) is 31.5. The number of nitrogens with zero attached hydrogens (tertiary/aromatic N) is 2. The molecule has 4 aliphatic heterocycles. The predicted octanol–water partition coefficient (Wildman–Crippen LogP) is 3.98. The Labute approximate surface area is 317 Å². The smallest absolute Gasteiger partial charge is 0.118 e. The third-order valence-corrected chi connectivity index (χ3v) is 15.0. The van der Waals surface area contributed by atoms with E-state index in [9.17, 15) is 20.4 Å². The number of aliphatic hydroxyl groups is 4. The third kappa shape index (κ3) is 4.16. The Bertz CT molecular complexity index is 1810. The Balaban J connectivity index is 1.30. The van der Waals surface area contributed by atoms with Gasteiger partial charge in [0, 0.05) is 64.8 Å². The number of allylic oxidation sites excluding steroid dienone is 3. The fourth-order valence-corrected chi connectivity index (χ4v) is 14.0. The van der Waals surface area contributed by atoms with Gasteiger partial charge in [-0.05, 0) is 83.5 Å². The van der Waals surface area contributed by atoms with Crippen LogP contribution in [0.2, 0.25) is 0 Å². The summed E-state index contributed by atoms with van der Waals surface area (Å²) in [7, 11) is 6.65. The average molecular weight is 737 g/mol. The second kappa shape index (κ2) is 12.8. The first-order valence-corrected chi connectivity index (χ1v) is 19.1. The molecule has 0 radical (unpaired) electrons. The molecule has 4 saturated heterocycles. The highest BCUT2D eigenvalue weighted by atomic mass is 16.5. The van der Waals surface area contributed by atoms with Gasteiger partial charge >= 0.3 is 0 Å². The maximum Gasteiger partial charge on any atom is 0.118 e. The lowest BCUT2D eigenvalue weighted by Gasteiger charge is -2.99. The van der Waals surface area contributed by atoms with E-state index in [4.69, 9.17) is 18.9 Å². The second-order valence-electron chi connectivity index (χ2n) is 16.5. The van der Waals surface area contributed by atoms with Crippen molar-refractivity contribution >= 4 is 0 Å². The van der Waals surface area contributed by atoms with Crippen LogP contribution in [0.25, 0.3) is 0 Å². The molecule has 7 aliphatic rings. The molecule has 5 atom stereocenters. The van der Waals surface area contributed by atoms with Gasteiger partial charge in [-0.15, -0.1) is 0 Å². The van der Waals surface area contributed by atoms with Gasteiger partial charge in [-0.2, -0.15) is 0 Å². The molecule has 0 aromatic heterocycles. The summed E-state index contributed by atoms with van der Waals surface area (Å²) < 4.78 is 22.2. The summed E-state index contributed by atoms with van der Waals surface area (Å²) in [4.78, 5) is 5.00. The lowest BCUT2D eigenvalue weighted by atomic mass is 9.15. The van der Waals surface area contributed by atoms with E-state index in [2.05, 4.69) is 58.4 Å². The topological polar surface area (TPSA) is 124 Å². The van der Waals surface area contributed by atoms with Crippen molar-refractivity contribution in [1.82, 2.24) is 9.80 Å². The summed E-state index contributed by atoms with van der Waals surface area (Å²) in [5.74, 6) is 2.70. The van der Waals surface area contributed by atoms with Gasteiger partial charge in [0.2, 0.25) is 0 Å². The van der Waals surface area contributed by atoms with E-state index in [0.29, 0.717) is 19.5 Å². The molecular weight excluding hydrogens is 684 g/mol. The lowest BCUT2D eigenvalue weighted by Crippen LogP contribution is -3.08. The molecule has 5 unspecified atom stereocenters. The predicted molar refractivity (Wildman–Crippen MR) is 202 cm³/mol. The Morgan fingerprint density at radius 2 is 0.963 bits per heavy atom. The van der Waals surface area contributed by atoms with Crippen molar-refractivity contribution in [3.8, 4) is 17.2 Å². The zero-order chi connectivity index (χ0) is 37.6. The fourth-order valence-electron chi connectivity index (χ4n) is 14.0. The van der Waals surface area contributed by atoms with Crippen molar-refractivity contribution in [2.45, 2.75) is 49.6 Å². The van der Waals surface area contributed by atoms with Gasteiger partial charge in [0.15, 0.2) is 0 Å². The van der Waals surface area contributed by atoms with Gasteiger partial charge in [0.1, 0.15) is 23.0 Å². The van der Waals surface area contributed by atoms with Crippen molar-refractivity contribution < 1.29 is 39.4 Å². The quantitative estimate of drug-likeness (QED) is 0.193. The van der Waals surface area contributed by atoms with Crippen molar-refractivity contribution in [2.75, 3.05) is 54.9 Å². The summed E-state index contributed by atoms with van der Waals surface area (Å²) in [5, 5.41) is 48.9. The Morgan fingerprint density at radius 3 is 1.30 bits per heavy atom. The number of benzene rings is 3. The Hall–Kier alpha value is -3.90. The van der Waals surface area contributed by atoms with Gasteiger partial charge in [0.25, 0.3) is 0 Å². The third-order valence-electron chi connectivity index (χ3n) is 15.0. The molecular formula is C44H52N2O8. The van der Waals surface area contributed by atoms with Crippen LogP contribution < -0.4 is 14.2 Å². The number of aliphatic hydroxyl groups excluding tert-OH is 4. The molecule has 3 aromatic rings. The molecule has 3 aromatic carbocycles. The Kier molecular flexibility index (Phi) is 8.50. The molecule has 10 nitrogen and oxygen atoms in total. The summed E-state index contributed by atoms with van der Waals surface area (Å²) in [6.45, 7) is 0.600. The summed E-state index contributed by atoms with van der Waals surface area (Å²) in [6, 6.07) is 23.2. The molecule has 10 heteroatoms. The van der Waals surface area contributed by atoms with Gasteiger partial charge in [0.05, 0.1) is 54.9 Å². The second-order valence-corrected chi connectivity index (χ2v) is 16.5. The number of methoxy groups -OCH3 is 4. The van der Waals surface area contributed by atoms with Crippen molar-refractivity contribution in [3.05, 3.63) is 113 Å². The molecule has 4 heterocycles. The number of piperidine rings is 4. The monoisotopic (exact) mass is 736 g/mol. The SMILES string of the molecule is COC1=CCC(C2C3(CO)C4N(Cc5ccc(OC)cc5)C5C6(CO)C(c7ccc(OC)cc7)C4(CO)C3N(Cc3ccc(OC)cc3)C6C25CO)C=C1. The highest BCUT2D eigenvalue weighted by Crippen LogP contribution is 2.91. The standard InChI is InChI=1S/C44H52N2O8/c1-51-31-13-5-27(6-14-31)21-45-37-41(23-47)35(29-9-17-33(53-3)18-10-29)42(24-48)38(45)44(26-50)36(30-11-19-34(54-4)20-12-30)43(37,25-49)39(41)46(40(42)44)22-28-7-15-32(52-2)16-8-28/h5-11,13-20,30,35-40,47-50H,12,21-26H2,1-4H3. The van der Waals surface area contributed by atoms with E-state index < -0.39 is 21.7 Å². The van der Waals surface area contributed by atoms with Crippen molar-refractivity contribution in [1.29, 1.82) is 0 Å². The summed E-state index contributed by atoms with van der Waals surface area (Å²) >= 11 is 0. The fraction of sp³-hybridized carbons (Fsp3) is 0.500. The zero-order valence-corrected chi connectivity index (χ0v) is 31.5. The number of rotatable bonds is 14. The average Bonchev–Trinajstić information content (AvgIpc) is 3.20. The highest BCUT2D eigenvalue weighted by Gasteiger charge is 2.99. The molecule has 286 valence electrons. The van der Waals surface area contributed by atoms with Crippen LogP contribution in [0, 0.1) is 33.5 Å². The van der Waals surface area contributed by atoms with Crippen LogP contribution in [0.15, 0.2) is 96.8 Å². The van der Waals surface area contributed by atoms with Gasteiger partial charge in [-0.3, -0.25) is 9.80 Å². The van der Waals surface area contributed by atoms with Crippen LogP contribution in [-0.2, 0) is 17.8 Å². The molecule has 10 rings (SSSR count). The highest BCUT2D eigenvalue weighted by molar-refractivity contribution is 5.55. The molecule has 0 spiro atoms. The van der Waals surface area contributed by atoms with Gasteiger partial charge in [-0.25, -0.2) is 0 Å². The molecule has 2 saturated carbocycles. The molecule has 0 amide bonds. The van der Waals surface area contributed by atoms with E-state index in [1.54, 1.807) is 28.4 Å². The summed E-state index contributed by atoms with van der Waals surface area (Å²) in [5.41, 5.74) is 0.203. The van der Waals surface area contributed by atoms with Crippen molar-refractivity contribution in [3.63, 3.8) is 0 Å². The van der Waals surface area contributed by atoms with E-state index >= 15 is 0 Å². The normalized spacial score (nSPS) is 38.4. The molecule has 3 aliphatic carbocycles.